The lowest BCUT2D eigenvalue weighted by molar-refractivity contribution is 0.407. The first-order chi connectivity index (χ1) is 7.70. The second kappa shape index (κ2) is 4.44. The van der Waals surface area contributed by atoms with E-state index in [1.54, 1.807) is 0 Å². The molecule has 2 aromatic rings. The summed E-state index contributed by atoms with van der Waals surface area (Å²) in [6.45, 7) is 2.13. The van der Waals surface area contributed by atoms with Crippen molar-refractivity contribution in [1.82, 2.24) is 19.7 Å². The summed E-state index contributed by atoms with van der Waals surface area (Å²) in [5.74, 6) is 1.03. The van der Waals surface area contributed by atoms with Crippen LogP contribution < -0.4 is 5.56 Å². The van der Waals surface area contributed by atoms with Gasteiger partial charge in [-0.1, -0.05) is 23.7 Å². The molecular formula is C9H9ClN4O2. The molecule has 0 bridgehead atoms. The van der Waals surface area contributed by atoms with Gasteiger partial charge in [-0.05, 0) is 0 Å². The van der Waals surface area contributed by atoms with Crippen molar-refractivity contribution in [1.29, 1.82) is 0 Å². The second-order valence-electron chi connectivity index (χ2n) is 3.12. The molecule has 2 aromatic heterocycles. The predicted octanol–water partition coefficient (Wildman–Crippen LogP) is 0.890. The molecule has 0 aliphatic rings. The van der Waals surface area contributed by atoms with Gasteiger partial charge in [0.2, 0.25) is 6.39 Å². The lowest BCUT2D eigenvalue weighted by Crippen LogP contribution is -2.25. The molecule has 0 radical (unpaired) electrons. The smallest absolute Gasteiger partial charge is 0.255 e. The highest BCUT2D eigenvalue weighted by Crippen LogP contribution is 2.04. The number of nitrogens with zero attached hydrogens (tertiary/aromatic N) is 4. The zero-order valence-electron chi connectivity index (χ0n) is 8.55. The van der Waals surface area contributed by atoms with Gasteiger partial charge in [-0.2, -0.15) is 4.98 Å². The van der Waals surface area contributed by atoms with E-state index in [2.05, 4.69) is 19.6 Å². The largest absolute Gasteiger partial charge is 0.343 e. The second-order valence-corrected chi connectivity index (χ2v) is 3.51. The van der Waals surface area contributed by atoms with Crippen LogP contribution in [-0.4, -0.2) is 19.7 Å². The maximum atomic E-state index is 11.7. The first-order valence-corrected chi connectivity index (χ1v) is 5.10. The van der Waals surface area contributed by atoms with Crippen LogP contribution in [0, 0.1) is 0 Å². The maximum Gasteiger partial charge on any atom is 0.255 e. The fourth-order valence-corrected chi connectivity index (χ4v) is 1.56. The van der Waals surface area contributed by atoms with E-state index in [4.69, 9.17) is 11.6 Å². The zero-order valence-corrected chi connectivity index (χ0v) is 9.31. The third kappa shape index (κ3) is 2.11. The van der Waals surface area contributed by atoms with E-state index in [0.29, 0.717) is 18.1 Å². The molecule has 0 aliphatic carbocycles. The van der Waals surface area contributed by atoms with Gasteiger partial charge in [-0.15, -0.1) is 0 Å². The standard InChI is InChI=1S/C9H9ClN4O2/c1-2-8-12-6(10)3-9(15)14(8)4-7-11-5-16-13-7/h3,5H,2,4H2,1H3. The van der Waals surface area contributed by atoms with E-state index in [1.165, 1.54) is 17.0 Å². The van der Waals surface area contributed by atoms with Gasteiger partial charge in [-0.25, -0.2) is 4.98 Å². The highest BCUT2D eigenvalue weighted by Gasteiger charge is 2.09. The molecule has 0 amide bonds. The summed E-state index contributed by atoms with van der Waals surface area (Å²) in [6.07, 6.45) is 1.82. The fourth-order valence-electron chi connectivity index (χ4n) is 1.37. The van der Waals surface area contributed by atoms with Crippen LogP contribution in [0.3, 0.4) is 0 Å². The molecule has 84 valence electrons. The Bertz CT molecular complexity index is 535. The molecule has 2 heterocycles. The van der Waals surface area contributed by atoms with Crippen molar-refractivity contribution in [3.8, 4) is 0 Å². The average Bonchev–Trinajstić information content (AvgIpc) is 2.74. The molecule has 0 spiro atoms. The molecule has 0 atom stereocenters. The molecule has 0 saturated carbocycles. The molecule has 0 aromatic carbocycles. The van der Waals surface area contributed by atoms with E-state index >= 15 is 0 Å². The summed E-state index contributed by atoms with van der Waals surface area (Å²) in [6, 6.07) is 1.26. The molecule has 0 N–H and O–H groups in total. The van der Waals surface area contributed by atoms with Crippen molar-refractivity contribution in [2.24, 2.45) is 0 Å². The van der Waals surface area contributed by atoms with Crippen molar-refractivity contribution >= 4 is 11.6 Å². The molecule has 6 nitrogen and oxygen atoms in total. The van der Waals surface area contributed by atoms with Crippen LogP contribution >= 0.6 is 11.6 Å². The molecule has 0 unspecified atom stereocenters. The minimum absolute atomic E-state index is 0.200. The molecule has 0 fully saturated rings. The van der Waals surface area contributed by atoms with Gasteiger partial charge >= 0.3 is 0 Å². The summed E-state index contributed by atoms with van der Waals surface area (Å²) in [5, 5.41) is 3.84. The number of aromatic nitrogens is 4. The fraction of sp³-hybridized carbons (Fsp3) is 0.333. The summed E-state index contributed by atoms with van der Waals surface area (Å²) >= 11 is 5.71. The monoisotopic (exact) mass is 240 g/mol. The van der Waals surface area contributed by atoms with Gasteiger partial charge in [0, 0.05) is 12.5 Å². The summed E-state index contributed by atoms with van der Waals surface area (Å²) in [7, 11) is 0. The van der Waals surface area contributed by atoms with Crippen LogP contribution in [0.25, 0.3) is 0 Å². The van der Waals surface area contributed by atoms with E-state index < -0.39 is 0 Å². The van der Waals surface area contributed by atoms with Crippen molar-refractivity contribution in [3.05, 3.63) is 39.6 Å². The first-order valence-electron chi connectivity index (χ1n) is 4.72. The Morgan fingerprint density at radius 2 is 2.38 bits per heavy atom. The van der Waals surface area contributed by atoms with Gasteiger partial charge in [0.05, 0.1) is 6.54 Å². The van der Waals surface area contributed by atoms with Crippen LogP contribution in [0.15, 0.2) is 21.8 Å². The normalized spacial score (nSPS) is 10.6. The van der Waals surface area contributed by atoms with Crippen molar-refractivity contribution < 1.29 is 4.52 Å². The topological polar surface area (TPSA) is 73.8 Å². The number of hydrogen-bond acceptors (Lipinski definition) is 5. The summed E-state index contributed by atoms with van der Waals surface area (Å²) < 4.78 is 6.07. The summed E-state index contributed by atoms with van der Waals surface area (Å²) in [5.41, 5.74) is -0.221. The number of rotatable bonds is 3. The third-order valence-electron chi connectivity index (χ3n) is 2.08. The van der Waals surface area contributed by atoms with Crippen molar-refractivity contribution in [2.45, 2.75) is 19.9 Å². The number of aryl methyl sites for hydroxylation is 1. The maximum absolute atomic E-state index is 11.7. The van der Waals surface area contributed by atoms with Gasteiger partial charge in [0.15, 0.2) is 5.82 Å². The van der Waals surface area contributed by atoms with Crippen LogP contribution in [0.4, 0.5) is 0 Å². The molecule has 7 heteroatoms. The number of hydrogen-bond donors (Lipinski definition) is 0. The molecule has 2 rings (SSSR count). The molecule has 16 heavy (non-hydrogen) atoms. The molecular weight excluding hydrogens is 232 g/mol. The Balaban J connectivity index is 2.43. The Hall–Kier alpha value is -1.69. The predicted molar refractivity (Wildman–Crippen MR) is 56.3 cm³/mol. The Morgan fingerprint density at radius 1 is 1.56 bits per heavy atom. The molecule has 0 saturated heterocycles. The van der Waals surface area contributed by atoms with Crippen molar-refractivity contribution in [2.75, 3.05) is 0 Å². The highest BCUT2D eigenvalue weighted by molar-refractivity contribution is 6.29. The third-order valence-corrected chi connectivity index (χ3v) is 2.27. The van der Waals surface area contributed by atoms with Gasteiger partial charge in [0.1, 0.15) is 11.0 Å². The zero-order chi connectivity index (χ0) is 11.5. The quantitative estimate of drug-likeness (QED) is 0.745. The van der Waals surface area contributed by atoms with E-state index in [0.717, 1.165) is 0 Å². The molecule has 0 aliphatic heterocycles. The Kier molecular flexibility index (Phi) is 3.00. The van der Waals surface area contributed by atoms with Crippen molar-refractivity contribution in [3.63, 3.8) is 0 Å². The van der Waals surface area contributed by atoms with Crippen LogP contribution in [0.5, 0.6) is 0 Å². The Morgan fingerprint density at radius 3 is 3.00 bits per heavy atom. The van der Waals surface area contributed by atoms with E-state index in [-0.39, 0.29) is 17.3 Å². The lowest BCUT2D eigenvalue weighted by Gasteiger charge is -2.07. The van der Waals surface area contributed by atoms with Crippen LogP contribution in [0.1, 0.15) is 18.6 Å². The van der Waals surface area contributed by atoms with Crippen LogP contribution in [0.2, 0.25) is 5.15 Å². The highest BCUT2D eigenvalue weighted by atomic mass is 35.5. The van der Waals surface area contributed by atoms with Gasteiger partial charge in [-0.3, -0.25) is 9.36 Å². The van der Waals surface area contributed by atoms with E-state index in [1.807, 2.05) is 6.92 Å². The summed E-state index contributed by atoms with van der Waals surface area (Å²) in [4.78, 5) is 19.6. The Labute approximate surface area is 95.9 Å². The average molecular weight is 241 g/mol. The SMILES string of the molecule is CCc1nc(Cl)cc(=O)n1Cc1ncon1. The van der Waals surface area contributed by atoms with Crippen LogP contribution in [-0.2, 0) is 13.0 Å². The van der Waals surface area contributed by atoms with E-state index in [9.17, 15) is 4.79 Å². The number of halogens is 1. The van der Waals surface area contributed by atoms with Gasteiger partial charge in [0.25, 0.3) is 5.56 Å². The first kappa shape index (κ1) is 10.8. The minimum atomic E-state index is -0.221. The lowest BCUT2D eigenvalue weighted by atomic mass is 10.4. The minimum Gasteiger partial charge on any atom is -0.343 e. The van der Waals surface area contributed by atoms with Gasteiger partial charge < -0.3 is 4.52 Å².